The van der Waals surface area contributed by atoms with Gasteiger partial charge in [-0.25, -0.2) is 0 Å². The van der Waals surface area contributed by atoms with Crippen LogP contribution in [0.2, 0.25) is 0 Å². The van der Waals surface area contributed by atoms with Crippen LogP contribution in [-0.2, 0) is 24.3 Å². The van der Waals surface area contributed by atoms with E-state index in [2.05, 4.69) is 20.1 Å². The van der Waals surface area contributed by atoms with Gasteiger partial charge in [-0.1, -0.05) is 0 Å². The summed E-state index contributed by atoms with van der Waals surface area (Å²) in [6.45, 7) is 2.81. The second-order valence-electron chi connectivity index (χ2n) is 10.1. The van der Waals surface area contributed by atoms with Crippen LogP contribution >= 0.6 is 15.9 Å². The molecule has 0 radical (unpaired) electrons. The topological polar surface area (TPSA) is 89.5 Å². The van der Waals surface area contributed by atoms with Crippen LogP contribution in [-0.4, -0.2) is 71.2 Å². The molecule has 3 atom stereocenters. The maximum absolute atomic E-state index is 14.4. The van der Waals surface area contributed by atoms with Crippen LogP contribution in [0, 0.1) is 5.92 Å². The van der Waals surface area contributed by atoms with Gasteiger partial charge in [0.1, 0.15) is 28.4 Å². The molecule has 42 heavy (non-hydrogen) atoms. The lowest BCUT2D eigenvalue weighted by Gasteiger charge is -2.49. The van der Waals surface area contributed by atoms with Gasteiger partial charge in [0, 0.05) is 37.7 Å². The largest absolute Gasteiger partial charge is 0.487 e. The number of ether oxygens (including phenoxy) is 5. The van der Waals surface area contributed by atoms with E-state index in [0.717, 1.165) is 0 Å². The van der Waals surface area contributed by atoms with Gasteiger partial charge in [-0.3, -0.25) is 0 Å². The number of halogens is 10. The summed E-state index contributed by atoms with van der Waals surface area (Å²) in [5.41, 5.74) is -0.725. The Kier molecular flexibility index (Phi) is 9.66. The lowest BCUT2D eigenvalue weighted by molar-refractivity contribution is -0.382. The second kappa shape index (κ2) is 11.7. The Morgan fingerprint density at radius 3 is 2.12 bits per heavy atom. The van der Waals surface area contributed by atoms with Crippen LogP contribution in [0.3, 0.4) is 0 Å². The smallest absolute Gasteiger partial charge is 0.460 e. The zero-order valence-corrected chi connectivity index (χ0v) is 24.7. The summed E-state index contributed by atoms with van der Waals surface area (Å²) < 4.78 is 176. The molecule has 0 unspecified atom stereocenters. The van der Waals surface area contributed by atoms with E-state index in [1.165, 1.54) is 14.2 Å². The van der Waals surface area contributed by atoms with Crippen molar-refractivity contribution in [2.45, 2.75) is 74.0 Å². The monoisotopic (exact) mass is 712 g/mol. The molecule has 8 nitrogen and oxygen atoms in total. The predicted molar refractivity (Wildman–Crippen MR) is 129 cm³/mol. The Morgan fingerprint density at radius 1 is 0.976 bits per heavy atom. The molecule has 19 heteroatoms. The molecule has 1 saturated carbocycles. The van der Waals surface area contributed by atoms with Crippen LogP contribution < -0.4 is 13.7 Å². The minimum Gasteiger partial charge on any atom is -0.487 e. The Balaban J connectivity index is 2.14. The summed E-state index contributed by atoms with van der Waals surface area (Å²) in [5.74, 6) is -17.3. The number of methoxy groups -OCH3 is 2. The number of hydrogen-bond donors (Lipinski definition) is 0. The molecule has 0 N–H and O–H groups in total. The Morgan fingerprint density at radius 2 is 1.57 bits per heavy atom. The summed E-state index contributed by atoms with van der Waals surface area (Å²) in [6.07, 6.45) is -6.04. The lowest BCUT2D eigenvalue weighted by atomic mass is 9.66. The van der Waals surface area contributed by atoms with Gasteiger partial charge in [0.25, 0.3) is 0 Å². The van der Waals surface area contributed by atoms with Crippen molar-refractivity contribution in [3.63, 3.8) is 0 Å². The first-order valence-corrected chi connectivity index (χ1v) is 14.2. The van der Waals surface area contributed by atoms with Crippen molar-refractivity contribution in [1.82, 2.24) is 0 Å². The first kappa shape index (κ1) is 34.8. The summed E-state index contributed by atoms with van der Waals surface area (Å²) in [6, 6.07) is 0.699. The van der Waals surface area contributed by atoms with Gasteiger partial charge < -0.3 is 27.9 Å². The van der Waals surface area contributed by atoms with E-state index < -0.39 is 61.9 Å². The number of fused-ring (bicyclic) bond motifs is 3. The second-order valence-corrected chi connectivity index (χ2v) is 12.5. The molecular weight excluding hydrogens is 687 g/mol. The van der Waals surface area contributed by atoms with Crippen molar-refractivity contribution in [1.29, 1.82) is 0 Å². The normalized spacial score (nSPS) is 23.0. The number of hydrogen-bond acceptors (Lipinski definition) is 8. The van der Waals surface area contributed by atoms with E-state index in [4.69, 9.17) is 23.7 Å². The highest BCUT2D eigenvalue weighted by Gasteiger charge is 2.86. The van der Waals surface area contributed by atoms with Gasteiger partial charge in [0.2, 0.25) is 0 Å². The van der Waals surface area contributed by atoms with Gasteiger partial charge in [-0.05, 0) is 49.0 Å². The van der Waals surface area contributed by atoms with Crippen molar-refractivity contribution < 1.29 is 75.8 Å². The molecule has 1 heterocycles. The lowest BCUT2D eigenvalue weighted by Crippen LogP contribution is -2.63. The van der Waals surface area contributed by atoms with Gasteiger partial charge in [0.05, 0.1) is 6.10 Å². The van der Waals surface area contributed by atoms with E-state index in [9.17, 15) is 47.9 Å². The van der Waals surface area contributed by atoms with E-state index in [1.807, 2.05) is 0 Å². The van der Waals surface area contributed by atoms with Crippen molar-refractivity contribution in [2.75, 3.05) is 27.8 Å². The molecule has 1 aliphatic carbocycles. The number of rotatable bonds is 11. The molecule has 0 bridgehead atoms. The highest BCUT2D eigenvalue weighted by molar-refractivity contribution is 9.10. The minimum absolute atomic E-state index is 0.0254. The molecule has 0 aromatic heterocycles. The standard InChI is InChI=1S/C23H26BrF9O8S/c1-19(2)13-6-5-11(38-9-36-3)7-12(13)16-14(40-19)8-15(17(24)18(16)39-10-37-4)41-42(34,35)23(32,33)21(27,28)20(25,26)22(29,30)31/h8,11-13H,5-7,9-10H2,1-4H3/t11-,12+,13+/m0/s1. The summed E-state index contributed by atoms with van der Waals surface area (Å²) in [7, 11) is -4.62. The molecule has 242 valence electrons. The Labute approximate surface area is 242 Å². The maximum Gasteiger partial charge on any atom is 0.460 e. The average Bonchev–Trinajstić information content (AvgIpc) is 2.86. The number of alkyl halides is 9. The Bertz CT molecular complexity index is 1260. The number of benzene rings is 1. The molecular formula is C23H26BrF9O8S. The first-order valence-electron chi connectivity index (χ1n) is 12.0. The molecule has 3 rings (SSSR count). The summed E-state index contributed by atoms with van der Waals surface area (Å²) in [5, 5.41) is -7.07. The zero-order chi connectivity index (χ0) is 32.1. The van der Waals surface area contributed by atoms with Crippen LogP contribution in [0.1, 0.15) is 44.6 Å². The highest BCUT2D eigenvalue weighted by Crippen LogP contribution is 2.59. The third-order valence-corrected chi connectivity index (χ3v) is 9.03. The quantitative estimate of drug-likeness (QED) is 0.144. The predicted octanol–water partition coefficient (Wildman–Crippen LogP) is 6.61. The molecule has 1 aromatic rings. The first-order chi connectivity index (χ1) is 19.1. The summed E-state index contributed by atoms with van der Waals surface area (Å²) in [4.78, 5) is 0. The van der Waals surface area contributed by atoms with Crippen LogP contribution in [0.4, 0.5) is 39.5 Å². The van der Waals surface area contributed by atoms with Crippen molar-refractivity contribution in [2.24, 2.45) is 5.92 Å². The molecule has 1 aliphatic heterocycles. The zero-order valence-electron chi connectivity index (χ0n) is 22.3. The van der Waals surface area contributed by atoms with Gasteiger partial charge in [0.15, 0.2) is 12.5 Å². The molecule has 2 aliphatic rings. The van der Waals surface area contributed by atoms with E-state index in [0.29, 0.717) is 25.3 Å². The van der Waals surface area contributed by atoms with Crippen molar-refractivity contribution >= 4 is 26.0 Å². The van der Waals surface area contributed by atoms with Gasteiger partial charge >= 0.3 is 33.4 Å². The van der Waals surface area contributed by atoms with E-state index >= 15 is 0 Å². The fraction of sp³-hybridized carbons (Fsp3) is 0.739. The Hall–Kier alpha value is -1.70. The third-order valence-electron chi connectivity index (χ3n) is 7.00. The molecule has 0 amide bonds. The minimum atomic E-state index is -7.47. The van der Waals surface area contributed by atoms with Crippen molar-refractivity contribution in [3.05, 3.63) is 16.1 Å². The molecule has 1 aromatic carbocycles. The third kappa shape index (κ3) is 5.87. The summed E-state index contributed by atoms with van der Waals surface area (Å²) >= 11 is 2.90. The fourth-order valence-electron chi connectivity index (χ4n) is 5.00. The molecule has 0 saturated heterocycles. The van der Waals surface area contributed by atoms with Crippen LogP contribution in [0.15, 0.2) is 10.5 Å². The maximum atomic E-state index is 14.4. The molecule has 0 spiro atoms. The van der Waals surface area contributed by atoms with E-state index in [1.54, 1.807) is 13.8 Å². The SMILES string of the molecule is COCOc1c(Br)c(OS(=O)(=O)C(F)(F)C(F)(F)C(F)(F)C(F)(F)F)cc2c1[C@@H]1C[C@@H](OCOC)CC[C@H]1C(C)(C)O2. The van der Waals surface area contributed by atoms with Crippen LogP contribution in [0.25, 0.3) is 0 Å². The highest BCUT2D eigenvalue weighted by atomic mass is 79.9. The fourth-order valence-corrected chi connectivity index (χ4v) is 6.55. The van der Waals surface area contributed by atoms with Gasteiger partial charge in [-0.2, -0.15) is 47.9 Å². The molecule has 1 fully saturated rings. The van der Waals surface area contributed by atoms with E-state index in [-0.39, 0.29) is 35.9 Å². The average molecular weight is 713 g/mol. The van der Waals surface area contributed by atoms with Crippen LogP contribution in [0.5, 0.6) is 17.2 Å². The van der Waals surface area contributed by atoms with Gasteiger partial charge in [-0.15, -0.1) is 0 Å². The van der Waals surface area contributed by atoms with Crippen molar-refractivity contribution in [3.8, 4) is 17.2 Å².